The average molecular weight is 249 g/mol. The van der Waals surface area contributed by atoms with Crippen LogP contribution in [0.2, 0.25) is 0 Å². The number of pyridine rings is 1. The van der Waals surface area contributed by atoms with Crippen molar-refractivity contribution in [2.75, 3.05) is 13.1 Å². The van der Waals surface area contributed by atoms with Crippen LogP contribution in [0.3, 0.4) is 0 Å². The first-order valence-electron chi connectivity index (χ1n) is 6.17. The minimum atomic E-state index is 0.625. The van der Waals surface area contributed by atoms with E-state index in [2.05, 4.69) is 22.0 Å². The van der Waals surface area contributed by atoms with Gasteiger partial charge in [-0.05, 0) is 37.0 Å². The first-order chi connectivity index (χ1) is 8.25. The smallest absolute Gasteiger partial charge is 0.0740 e. The predicted molar refractivity (Wildman–Crippen MR) is 73.9 cm³/mol. The zero-order valence-electron chi connectivity index (χ0n) is 10.0. The van der Waals surface area contributed by atoms with Crippen molar-refractivity contribution in [3.05, 3.63) is 30.1 Å². The van der Waals surface area contributed by atoms with Crippen LogP contribution in [-0.4, -0.2) is 34.0 Å². The van der Waals surface area contributed by atoms with Crippen molar-refractivity contribution in [3.8, 4) is 0 Å². The first kappa shape index (κ1) is 12.5. The Labute approximate surface area is 108 Å². The van der Waals surface area contributed by atoms with Gasteiger partial charge in [0.2, 0.25) is 0 Å². The molecular weight excluding hydrogens is 230 g/mol. The Bertz CT molecular complexity index is 362. The molecule has 0 unspecified atom stereocenters. The standard InChI is InChI=1S/C13H19N3S/c14-13(17)6-10-16(12-1-2-12)9-5-11-3-7-15-8-4-11/h3-4,7-8,12H,1-2,5-6,9-10H2,(H2,14,17). The fourth-order valence-corrected chi connectivity index (χ4v) is 2.08. The summed E-state index contributed by atoms with van der Waals surface area (Å²) >= 11 is 4.94. The van der Waals surface area contributed by atoms with Gasteiger partial charge in [-0.15, -0.1) is 0 Å². The first-order valence-corrected chi connectivity index (χ1v) is 6.58. The SMILES string of the molecule is NC(=S)CCN(CCc1ccncc1)C1CC1. The van der Waals surface area contributed by atoms with Gasteiger partial charge in [-0.2, -0.15) is 0 Å². The molecule has 0 spiro atoms. The maximum absolute atomic E-state index is 5.57. The van der Waals surface area contributed by atoms with Gasteiger partial charge in [0.05, 0.1) is 4.99 Å². The Balaban J connectivity index is 1.79. The highest BCUT2D eigenvalue weighted by Crippen LogP contribution is 2.27. The molecule has 1 aromatic rings. The zero-order valence-corrected chi connectivity index (χ0v) is 10.8. The summed E-state index contributed by atoms with van der Waals surface area (Å²) in [6.07, 6.45) is 8.28. The third kappa shape index (κ3) is 4.40. The molecule has 4 heteroatoms. The van der Waals surface area contributed by atoms with Crippen LogP contribution >= 0.6 is 12.2 Å². The molecule has 0 aromatic carbocycles. The van der Waals surface area contributed by atoms with Crippen molar-refractivity contribution < 1.29 is 0 Å². The summed E-state index contributed by atoms with van der Waals surface area (Å²) in [5, 5.41) is 0. The van der Waals surface area contributed by atoms with Gasteiger partial charge in [0, 0.05) is 37.9 Å². The molecule has 0 aliphatic heterocycles. The highest BCUT2D eigenvalue weighted by atomic mass is 32.1. The molecule has 0 atom stereocenters. The lowest BCUT2D eigenvalue weighted by Gasteiger charge is -2.21. The van der Waals surface area contributed by atoms with Gasteiger partial charge in [0.15, 0.2) is 0 Å². The van der Waals surface area contributed by atoms with Crippen LogP contribution in [0.1, 0.15) is 24.8 Å². The van der Waals surface area contributed by atoms with E-state index >= 15 is 0 Å². The van der Waals surface area contributed by atoms with Gasteiger partial charge in [-0.3, -0.25) is 9.88 Å². The van der Waals surface area contributed by atoms with E-state index in [4.69, 9.17) is 18.0 Å². The number of aromatic nitrogens is 1. The lowest BCUT2D eigenvalue weighted by Crippen LogP contribution is -2.31. The van der Waals surface area contributed by atoms with E-state index < -0.39 is 0 Å². The van der Waals surface area contributed by atoms with E-state index in [1.807, 2.05) is 12.4 Å². The minimum absolute atomic E-state index is 0.625. The molecule has 0 bridgehead atoms. The van der Waals surface area contributed by atoms with E-state index in [0.29, 0.717) is 4.99 Å². The Morgan fingerprint density at radius 3 is 2.65 bits per heavy atom. The van der Waals surface area contributed by atoms with Gasteiger partial charge in [0.25, 0.3) is 0 Å². The number of hydrogen-bond acceptors (Lipinski definition) is 3. The number of hydrogen-bond donors (Lipinski definition) is 1. The third-order valence-corrected chi connectivity index (χ3v) is 3.35. The summed E-state index contributed by atoms with van der Waals surface area (Å²) in [6, 6.07) is 4.93. The largest absolute Gasteiger partial charge is 0.393 e. The summed E-state index contributed by atoms with van der Waals surface area (Å²) in [7, 11) is 0. The molecule has 0 amide bonds. The summed E-state index contributed by atoms with van der Waals surface area (Å²) in [5.74, 6) is 0. The van der Waals surface area contributed by atoms with Gasteiger partial charge >= 0.3 is 0 Å². The second-order valence-electron chi connectivity index (χ2n) is 4.59. The van der Waals surface area contributed by atoms with Crippen LogP contribution in [0, 0.1) is 0 Å². The molecule has 1 aromatic heterocycles. The van der Waals surface area contributed by atoms with Crippen molar-refractivity contribution in [2.45, 2.75) is 31.7 Å². The van der Waals surface area contributed by atoms with Crippen molar-refractivity contribution in [3.63, 3.8) is 0 Å². The lowest BCUT2D eigenvalue weighted by molar-refractivity contribution is 0.275. The van der Waals surface area contributed by atoms with Crippen molar-refractivity contribution >= 4 is 17.2 Å². The fraction of sp³-hybridized carbons (Fsp3) is 0.538. The molecule has 17 heavy (non-hydrogen) atoms. The molecule has 1 aliphatic carbocycles. The van der Waals surface area contributed by atoms with Crippen LogP contribution in [-0.2, 0) is 6.42 Å². The summed E-state index contributed by atoms with van der Waals surface area (Å²) in [5.41, 5.74) is 6.91. The number of nitrogens with zero attached hydrogens (tertiary/aromatic N) is 2. The predicted octanol–water partition coefficient (Wildman–Crippen LogP) is 1.76. The highest BCUT2D eigenvalue weighted by molar-refractivity contribution is 7.80. The fourth-order valence-electron chi connectivity index (χ4n) is 1.99. The second kappa shape index (κ2) is 6.07. The van der Waals surface area contributed by atoms with Crippen molar-refractivity contribution in [2.24, 2.45) is 5.73 Å². The third-order valence-electron chi connectivity index (χ3n) is 3.15. The zero-order chi connectivity index (χ0) is 12.1. The van der Waals surface area contributed by atoms with Gasteiger partial charge in [0.1, 0.15) is 0 Å². The van der Waals surface area contributed by atoms with Crippen LogP contribution in [0.15, 0.2) is 24.5 Å². The number of rotatable bonds is 7. The molecule has 0 saturated heterocycles. The van der Waals surface area contributed by atoms with Gasteiger partial charge in [-0.25, -0.2) is 0 Å². The average Bonchev–Trinajstić information content (AvgIpc) is 3.14. The highest BCUT2D eigenvalue weighted by Gasteiger charge is 2.28. The van der Waals surface area contributed by atoms with E-state index in [0.717, 1.165) is 32.0 Å². The molecule has 92 valence electrons. The topological polar surface area (TPSA) is 42.1 Å². The molecule has 0 radical (unpaired) electrons. The van der Waals surface area contributed by atoms with E-state index in [1.54, 1.807) is 0 Å². The molecule has 2 N–H and O–H groups in total. The molecule has 1 fully saturated rings. The minimum Gasteiger partial charge on any atom is -0.393 e. The van der Waals surface area contributed by atoms with Crippen molar-refractivity contribution in [1.82, 2.24) is 9.88 Å². The molecule has 3 nitrogen and oxygen atoms in total. The van der Waals surface area contributed by atoms with Crippen LogP contribution < -0.4 is 5.73 Å². The van der Waals surface area contributed by atoms with Gasteiger partial charge < -0.3 is 5.73 Å². The summed E-state index contributed by atoms with van der Waals surface area (Å²) in [4.78, 5) is 7.17. The van der Waals surface area contributed by atoms with Crippen LogP contribution in [0.5, 0.6) is 0 Å². The Hall–Kier alpha value is -1.00. The quantitative estimate of drug-likeness (QED) is 0.748. The lowest BCUT2D eigenvalue weighted by atomic mass is 10.2. The van der Waals surface area contributed by atoms with E-state index in [-0.39, 0.29) is 0 Å². The van der Waals surface area contributed by atoms with E-state index in [9.17, 15) is 0 Å². The molecular formula is C13H19N3S. The normalized spacial score (nSPS) is 15.1. The summed E-state index contributed by atoms with van der Waals surface area (Å²) < 4.78 is 0. The maximum Gasteiger partial charge on any atom is 0.0740 e. The van der Waals surface area contributed by atoms with Crippen molar-refractivity contribution in [1.29, 1.82) is 0 Å². The van der Waals surface area contributed by atoms with E-state index in [1.165, 1.54) is 18.4 Å². The monoisotopic (exact) mass is 249 g/mol. The van der Waals surface area contributed by atoms with Gasteiger partial charge in [-0.1, -0.05) is 12.2 Å². The number of nitrogens with two attached hydrogens (primary N) is 1. The molecule has 1 heterocycles. The Morgan fingerprint density at radius 1 is 1.35 bits per heavy atom. The Kier molecular flexibility index (Phi) is 4.45. The summed E-state index contributed by atoms with van der Waals surface area (Å²) in [6.45, 7) is 2.10. The maximum atomic E-state index is 5.57. The van der Waals surface area contributed by atoms with Crippen LogP contribution in [0.25, 0.3) is 0 Å². The second-order valence-corrected chi connectivity index (χ2v) is 5.11. The van der Waals surface area contributed by atoms with Crippen LogP contribution in [0.4, 0.5) is 0 Å². The molecule has 2 rings (SSSR count). The molecule has 1 saturated carbocycles. The molecule has 1 aliphatic rings. The number of thiocarbonyl (C=S) groups is 1. The Morgan fingerprint density at radius 2 is 2.06 bits per heavy atom.